The highest BCUT2D eigenvalue weighted by Crippen LogP contribution is 2.27. The quantitative estimate of drug-likeness (QED) is 0.729. The third-order valence-corrected chi connectivity index (χ3v) is 3.25. The van der Waals surface area contributed by atoms with Crippen LogP contribution in [0.25, 0.3) is 16.8 Å². The molecule has 0 atom stereocenters. The van der Waals surface area contributed by atoms with Gasteiger partial charge in [0, 0.05) is 11.3 Å². The Morgan fingerprint density at radius 3 is 2.72 bits per heavy atom. The van der Waals surface area contributed by atoms with Gasteiger partial charge in [0.15, 0.2) is 0 Å². The van der Waals surface area contributed by atoms with Crippen molar-refractivity contribution >= 4 is 22.5 Å². The molecular formula is C17H15N. The van der Waals surface area contributed by atoms with Gasteiger partial charge < -0.3 is 5.73 Å². The molecule has 2 aromatic carbocycles. The van der Waals surface area contributed by atoms with Crippen molar-refractivity contribution in [2.24, 2.45) is 0 Å². The van der Waals surface area contributed by atoms with Gasteiger partial charge in [0.2, 0.25) is 0 Å². The molecular weight excluding hydrogens is 218 g/mol. The number of rotatable bonds is 1. The van der Waals surface area contributed by atoms with Gasteiger partial charge in [-0.25, -0.2) is 0 Å². The molecule has 0 bridgehead atoms. The third kappa shape index (κ3) is 1.95. The number of nitrogen functional groups attached to an aromatic ring is 1. The Morgan fingerprint density at radius 1 is 1.00 bits per heavy atom. The summed E-state index contributed by atoms with van der Waals surface area (Å²) in [5.41, 5.74) is 9.37. The predicted octanol–water partition coefficient (Wildman–Crippen LogP) is 4.32. The molecule has 0 amide bonds. The van der Waals surface area contributed by atoms with Gasteiger partial charge >= 0.3 is 0 Å². The van der Waals surface area contributed by atoms with E-state index in [4.69, 9.17) is 5.73 Å². The molecule has 3 rings (SSSR count). The van der Waals surface area contributed by atoms with Crippen molar-refractivity contribution in [3.8, 4) is 0 Å². The molecule has 0 unspecified atom stereocenters. The highest BCUT2D eigenvalue weighted by atomic mass is 14.6. The molecule has 88 valence electrons. The van der Waals surface area contributed by atoms with E-state index in [0.29, 0.717) is 0 Å². The second kappa shape index (κ2) is 4.53. The van der Waals surface area contributed by atoms with Crippen LogP contribution >= 0.6 is 0 Å². The minimum atomic E-state index is 0.837. The Kier molecular flexibility index (Phi) is 2.73. The molecule has 2 N–H and O–H groups in total. The van der Waals surface area contributed by atoms with Crippen molar-refractivity contribution in [1.29, 1.82) is 0 Å². The van der Waals surface area contributed by atoms with Crippen LogP contribution in [-0.2, 0) is 0 Å². The minimum absolute atomic E-state index is 0.837. The van der Waals surface area contributed by atoms with E-state index in [1.54, 1.807) is 0 Å². The number of hydrogen-bond donors (Lipinski definition) is 1. The number of nitrogens with two attached hydrogens (primary N) is 1. The van der Waals surface area contributed by atoms with Crippen LogP contribution in [0.4, 0.5) is 5.69 Å². The van der Waals surface area contributed by atoms with Gasteiger partial charge in [-0.05, 0) is 34.9 Å². The van der Waals surface area contributed by atoms with E-state index in [1.807, 2.05) is 6.07 Å². The zero-order valence-corrected chi connectivity index (χ0v) is 10.1. The van der Waals surface area contributed by atoms with E-state index >= 15 is 0 Å². The van der Waals surface area contributed by atoms with Gasteiger partial charge in [-0.3, -0.25) is 0 Å². The highest BCUT2D eigenvalue weighted by Gasteiger charge is 2.04. The van der Waals surface area contributed by atoms with Crippen LogP contribution in [0.2, 0.25) is 0 Å². The summed E-state index contributed by atoms with van der Waals surface area (Å²) in [5.74, 6) is 0. The summed E-state index contributed by atoms with van der Waals surface area (Å²) in [6.45, 7) is 0. The normalized spacial score (nSPS) is 16.6. The van der Waals surface area contributed by atoms with Crippen LogP contribution < -0.4 is 5.73 Å². The van der Waals surface area contributed by atoms with Crippen LogP contribution in [0.5, 0.6) is 0 Å². The number of fused-ring (bicyclic) bond motifs is 1. The molecule has 1 heteroatoms. The summed E-state index contributed by atoms with van der Waals surface area (Å²) in [6, 6.07) is 12.4. The third-order valence-electron chi connectivity index (χ3n) is 3.25. The lowest BCUT2D eigenvalue weighted by molar-refractivity contribution is 1.28. The Hall–Kier alpha value is -2.28. The van der Waals surface area contributed by atoms with Crippen molar-refractivity contribution in [1.82, 2.24) is 0 Å². The van der Waals surface area contributed by atoms with E-state index in [2.05, 4.69) is 60.7 Å². The van der Waals surface area contributed by atoms with E-state index in [1.165, 1.54) is 16.3 Å². The van der Waals surface area contributed by atoms with Crippen LogP contribution in [-0.4, -0.2) is 0 Å². The van der Waals surface area contributed by atoms with Crippen LogP contribution in [0.1, 0.15) is 12.0 Å². The lowest BCUT2D eigenvalue weighted by Gasteiger charge is -2.08. The second-order valence-electron chi connectivity index (χ2n) is 4.50. The predicted molar refractivity (Wildman–Crippen MR) is 79.2 cm³/mol. The maximum atomic E-state index is 6.12. The molecule has 1 nitrogen and oxygen atoms in total. The first-order valence-corrected chi connectivity index (χ1v) is 6.15. The van der Waals surface area contributed by atoms with Gasteiger partial charge in [-0.1, -0.05) is 54.6 Å². The highest BCUT2D eigenvalue weighted by molar-refractivity contribution is 5.95. The summed E-state index contributed by atoms with van der Waals surface area (Å²) in [5, 5.41) is 2.45. The van der Waals surface area contributed by atoms with Crippen LogP contribution in [0.3, 0.4) is 0 Å². The average molecular weight is 233 g/mol. The lowest BCUT2D eigenvalue weighted by atomic mass is 9.98. The summed E-state index contributed by atoms with van der Waals surface area (Å²) in [7, 11) is 0. The first-order chi connectivity index (χ1) is 8.84. The maximum absolute atomic E-state index is 6.12. The van der Waals surface area contributed by atoms with E-state index in [-0.39, 0.29) is 0 Å². The monoisotopic (exact) mass is 233 g/mol. The van der Waals surface area contributed by atoms with Gasteiger partial charge in [-0.2, -0.15) is 0 Å². The van der Waals surface area contributed by atoms with Crippen molar-refractivity contribution in [2.45, 2.75) is 6.42 Å². The first-order valence-electron chi connectivity index (χ1n) is 6.15. The van der Waals surface area contributed by atoms with Crippen LogP contribution in [0.15, 0.2) is 66.3 Å². The molecule has 0 saturated carbocycles. The number of anilines is 1. The fraction of sp³-hybridized carbons (Fsp3) is 0.0588. The SMILES string of the molecule is Nc1ccc2ccccc2c1/C=C1/C=CC=CC1. The van der Waals surface area contributed by atoms with Gasteiger partial charge in [0.05, 0.1) is 0 Å². The minimum Gasteiger partial charge on any atom is -0.398 e. The number of benzene rings is 2. The Labute approximate surface area is 107 Å². The summed E-state index contributed by atoms with van der Waals surface area (Å²) < 4.78 is 0. The van der Waals surface area contributed by atoms with Crippen LogP contribution in [0, 0.1) is 0 Å². The smallest absolute Gasteiger partial charge is 0.0394 e. The van der Waals surface area contributed by atoms with E-state index < -0.39 is 0 Å². The van der Waals surface area contributed by atoms with Crippen molar-refractivity contribution in [3.05, 3.63) is 71.8 Å². The van der Waals surface area contributed by atoms with Gasteiger partial charge in [0.1, 0.15) is 0 Å². The fourth-order valence-corrected chi connectivity index (χ4v) is 2.30. The fourth-order valence-electron chi connectivity index (χ4n) is 2.30. The number of hydrogen-bond acceptors (Lipinski definition) is 1. The topological polar surface area (TPSA) is 26.0 Å². The zero-order valence-electron chi connectivity index (χ0n) is 10.1. The van der Waals surface area contributed by atoms with Crippen molar-refractivity contribution in [2.75, 3.05) is 5.73 Å². The molecule has 18 heavy (non-hydrogen) atoms. The second-order valence-corrected chi connectivity index (χ2v) is 4.50. The van der Waals surface area contributed by atoms with Gasteiger partial charge in [-0.15, -0.1) is 0 Å². The Balaban J connectivity index is 2.19. The lowest BCUT2D eigenvalue weighted by Crippen LogP contribution is -1.92. The Bertz CT molecular complexity index is 675. The molecule has 0 radical (unpaired) electrons. The summed E-state index contributed by atoms with van der Waals surface area (Å²) >= 11 is 0. The molecule has 1 aliphatic carbocycles. The molecule has 0 aromatic heterocycles. The summed E-state index contributed by atoms with van der Waals surface area (Å²) in [6.07, 6.45) is 11.6. The maximum Gasteiger partial charge on any atom is 0.0394 e. The largest absolute Gasteiger partial charge is 0.398 e. The molecule has 1 aliphatic rings. The molecule has 0 spiro atoms. The van der Waals surface area contributed by atoms with Crippen molar-refractivity contribution in [3.63, 3.8) is 0 Å². The molecule has 0 aliphatic heterocycles. The standard InChI is InChI=1S/C17H15N/c18-17-11-10-14-8-4-5-9-15(14)16(17)12-13-6-2-1-3-7-13/h1-6,8-12H,7,18H2/b13-12-. The molecule has 0 saturated heterocycles. The molecule has 0 heterocycles. The zero-order chi connectivity index (χ0) is 12.4. The van der Waals surface area contributed by atoms with Gasteiger partial charge in [0.25, 0.3) is 0 Å². The summed E-state index contributed by atoms with van der Waals surface area (Å²) in [4.78, 5) is 0. The van der Waals surface area contributed by atoms with E-state index in [9.17, 15) is 0 Å². The van der Waals surface area contributed by atoms with E-state index in [0.717, 1.165) is 17.7 Å². The molecule has 2 aromatic rings. The average Bonchev–Trinajstić information content (AvgIpc) is 2.43. The Morgan fingerprint density at radius 2 is 1.89 bits per heavy atom. The van der Waals surface area contributed by atoms with Crippen molar-refractivity contribution < 1.29 is 0 Å². The molecule has 0 fully saturated rings. The first kappa shape index (κ1) is 10.8. The number of allylic oxidation sites excluding steroid dienone is 5.